The third-order valence-electron chi connectivity index (χ3n) is 2.70. The van der Waals surface area contributed by atoms with Crippen molar-refractivity contribution in [2.75, 3.05) is 19.0 Å². The second-order valence-corrected chi connectivity index (χ2v) is 4.22. The van der Waals surface area contributed by atoms with Gasteiger partial charge >= 0.3 is 0 Å². The van der Waals surface area contributed by atoms with Gasteiger partial charge in [0.2, 0.25) is 5.91 Å². The lowest BCUT2D eigenvalue weighted by molar-refractivity contribution is -0.122. The summed E-state index contributed by atoms with van der Waals surface area (Å²) >= 11 is 0. The van der Waals surface area contributed by atoms with Crippen LogP contribution in [0.5, 0.6) is 5.75 Å². The summed E-state index contributed by atoms with van der Waals surface area (Å²) in [6, 6.07) is 7.20. The van der Waals surface area contributed by atoms with Gasteiger partial charge in [-0.05, 0) is 18.1 Å². The highest BCUT2D eigenvalue weighted by atomic mass is 16.5. The lowest BCUT2D eigenvalue weighted by Gasteiger charge is -2.18. The van der Waals surface area contributed by atoms with Gasteiger partial charge in [0.05, 0.1) is 25.3 Å². The molecule has 1 aromatic rings. The minimum atomic E-state index is -0.403. The lowest BCUT2D eigenvalue weighted by atomic mass is 9.96. The number of nitrogens with one attached hydrogen (secondary N) is 1. The number of hydrogen-bond donors (Lipinski definition) is 2. The monoisotopic (exact) mass is 237 g/mol. The highest BCUT2D eigenvalue weighted by Crippen LogP contribution is 2.24. The number of anilines is 1. The smallest absolute Gasteiger partial charge is 0.230 e. The van der Waals surface area contributed by atoms with Gasteiger partial charge in [-0.1, -0.05) is 26.0 Å². The van der Waals surface area contributed by atoms with Crippen LogP contribution in [-0.2, 0) is 4.79 Å². The molecular weight excluding hydrogens is 218 g/mol. The van der Waals surface area contributed by atoms with Gasteiger partial charge in [-0.25, -0.2) is 0 Å². The average Bonchev–Trinajstić information content (AvgIpc) is 2.30. The molecule has 0 aromatic heterocycles. The quantitative estimate of drug-likeness (QED) is 0.822. The first kappa shape index (κ1) is 13.5. The second-order valence-electron chi connectivity index (χ2n) is 4.22. The Labute approximate surface area is 102 Å². The highest BCUT2D eigenvalue weighted by molar-refractivity contribution is 5.94. The Balaban J connectivity index is 2.80. The van der Waals surface area contributed by atoms with E-state index in [0.29, 0.717) is 11.4 Å². The van der Waals surface area contributed by atoms with Crippen molar-refractivity contribution < 1.29 is 14.6 Å². The maximum absolute atomic E-state index is 11.9. The van der Waals surface area contributed by atoms with E-state index in [1.54, 1.807) is 19.2 Å². The van der Waals surface area contributed by atoms with Crippen molar-refractivity contribution in [3.63, 3.8) is 0 Å². The fourth-order valence-corrected chi connectivity index (χ4v) is 1.57. The van der Waals surface area contributed by atoms with Gasteiger partial charge in [-0.15, -0.1) is 0 Å². The zero-order valence-corrected chi connectivity index (χ0v) is 10.4. The summed E-state index contributed by atoms with van der Waals surface area (Å²) in [5.41, 5.74) is 0.624. The Bertz CT molecular complexity index is 377. The van der Waals surface area contributed by atoms with Gasteiger partial charge in [0.25, 0.3) is 0 Å². The molecule has 0 aliphatic heterocycles. The van der Waals surface area contributed by atoms with Crippen LogP contribution in [-0.4, -0.2) is 24.7 Å². The fourth-order valence-electron chi connectivity index (χ4n) is 1.57. The molecule has 4 nitrogen and oxygen atoms in total. The predicted molar refractivity (Wildman–Crippen MR) is 67.0 cm³/mol. The first-order chi connectivity index (χ1) is 8.10. The van der Waals surface area contributed by atoms with Gasteiger partial charge in [0.15, 0.2) is 0 Å². The van der Waals surface area contributed by atoms with E-state index < -0.39 is 5.92 Å². The summed E-state index contributed by atoms with van der Waals surface area (Å²) in [5.74, 6) is 0.114. The molecule has 0 aliphatic rings. The molecule has 0 aliphatic carbocycles. The molecule has 1 atom stereocenters. The van der Waals surface area contributed by atoms with Crippen LogP contribution in [0.3, 0.4) is 0 Å². The van der Waals surface area contributed by atoms with Crippen LogP contribution in [0.4, 0.5) is 5.69 Å². The third kappa shape index (κ3) is 3.46. The van der Waals surface area contributed by atoms with E-state index >= 15 is 0 Å². The standard InChI is InChI=1S/C13H19NO3/c1-9(2)10(8-15)13(16)14-11-6-4-5-7-12(11)17-3/h4-7,9-10,15H,8H2,1-3H3,(H,14,16). The van der Waals surface area contributed by atoms with Crippen molar-refractivity contribution in [3.8, 4) is 5.75 Å². The topological polar surface area (TPSA) is 58.6 Å². The number of benzene rings is 1. The third-order valence-corrected chi connectivity index (χ3v) is 2.70. The number of carbonyl (C=O) groups excluding carboxylic acids is 1. The predicted octanol–water partition coefficient (Wildman–Crippen LogP) is 1.90. The Morgan fingerprint density at radius 2 is 2.06 bits per heavy atom. The molecule has 17 heavy (non-hydrogen) atoms. The van der Waals surface area contributed by atoms with Crippen LogP contribution < -0.4 is 10.1 Å². The number of ether oxygens (including phenoxy) is 1. The zero-order chi connectivity index (χ0) is 12.8. The van der Waals surface area contributed by atoms with E-state index in [9.17, 15) is 9.90 Å². The molecule has 0 saturated heterocycles. The summed E-state index contributed by atoms with van der Waals surface area (Å²) < 4.78 is 5.14. The summed E-state index contributed by atoms with van der Waals surface area (Å²) in [4.78, 5) is 11.9. The number of amides is 1. The minimum Gasteiger partial charge on any atom is -0.495 e. The molecule has 94 valence electrons. The molecular formula is C13H19NO3. The molecule has 0 heterocycles. The van der Waals surface area contributed by atoms with Crippen molar-refractivity contribution in [2.45, 2.75) is 13.8 Å². The number of aliphatic hydroxyl groups excluding tert-OH is 1. The van der Waals surface area contributed by atoms with Gasteiger partial charge < -0.3 is 15.2 Å². The Morgan fingerprint density at radius 1 is 1.41 bits per heavy atom. The van der Waals surface area contributed by atoms with Crippen LogP contribution in [0.1, 0.15) is 13.8 Å². The Morgan fingerprint density at radius 3 is 2.59 bits per heavy atom. The SMILES string of the molecule is COc1ccccc1NC(=O)C(CO)C(C)C. The number of aliphatic hydroxyl groups is 1. The molecule has 1 amide bonds. The van der Waals surface area contributed by atoms with Gasteiger partial charge in [-0.3, -0.25) is 4.79 Å². The molecule has 0 saturated carbocycles. The van der Waals surface area contributed by atoms with E-state index in [2.05, 4.69) is 5.32 Å². The number of para-hydroxylation sites is 2. The first-order valence-corrected chi connectivity index (χ1v) is 5.65. The van der Waals surface area contributed by atoms with Crippen LogP contribution in [0.15, 0.2) is 24.3 Å². The van der Waals surface area contributed by atoms with Gasteiger partial charge in [0, 0.05) is 0 Å². The molecule has 4 heteroatoms. The Hall–Kier alpha value is -1.55. The number of methoxy groups -OCH3 is 1. The van der Waals surface area contributed by atoms with E-state index in [1.165, 1.54) is 0 Å². The van der Waals surface area contributed by atoms with E-state index in [0.717, 1.165) is 0 Å². The molecule has 1 unspecified atom stereocenters. The van der Waals surface area contributed by atoms with E-state index in [-0.39, 0.29) is 18.4 Å². The molecule has 1 rings (SSSR count). The largest absolute Gasteiger partial charge is 0.495 e. The minimum absolute atomic E-state index is 0.0923. The van der Waals surface area contributed by atoms with Crippen LogP contribution in [0.25, 0.3) is 0 Å². The summed E-state index contributed by atoms with van der Waals surface area (Å²) in [5, 5.41) is 11.9. The van der Waals surface area contributed by atoms with Gasteiger partial charge in [0.1, 0.15) is 5.75 Å². The normalized spacial score (nSPS) is 12.3. The molecule has 0 radical (unpaired) electrons. The fraction of sp³-hybridized carbons (Fsp3) is 0.462. The van der Waals surface area contributed by atoms with Crippen LogP contribution >= 0.6 is 0 Å². The first-order valence-electron chi connectivity index (χ1n) is 5.65. The summed E-state index contributed by atoms with van der Waals surface area (Å²) in [7, 11) is 1.55. The zero-order valence-electron chi connectivity index (χ0n) is 10.4. The van der Waals surface area contributed by atoms with Crippen molar-refractivity contribution in [3.05, 3.63) is 24.3 Å². The maximum Gasteiger partial charge on any atom is 0.230 e. The van der Waals surface area contributed by atoms with Crippen LogP contribution in [0.2, 0.25) is 0 Å². The highest BCUT2D eigenvalue weighted by Gasteiger charge is 2.21. The van der Waals surface area contributed by atoms with Gasteiger partial charge in [-0.2, -0.15) is 0 Å². The summed E-state index contributed by atoms with van der Waals surface area (Å²) in [6.45, 7) is 3.66. The summed E-state index contributed by atoms with van der Waals surface area (Å²) in [6.07, 6.45) is 0. The number of carbonyl (C=O) groups is 1. The molecule has 1 aromatic carbocycles. The molecule has 0 bridgehead atoms. The van der Waals surface area contributed by atoms with E-state index in [1.807, 2.05) is 26.0 Å². The molecule has 0 spiro atoms. The average molecular weight is 237 g/mol. The molecule has 0 fully saturated rings. The van der Waals surface area contributed by atoms with Crippen LogP contribution in [0, 0.1) is 11.8 Å². The van der Waals surface area contributed by atoms with E-state index in [4.69, 9.17) is 4.74 Å². The van der Waals surface area contributed by atoms with Crippen molar-refractivity contribution in [2.24, 2.45) is 11.8 Å². The lowest BCUT2D eigenvalue weighted by Crippen LogP contribution is -2.29. The Kier molecular flexibility index (Phi) is 4.97. The maximum atomic E-state index is 11.9. The second kappa shape index (κ2) is 6.25. The molecule has 2 N–H and O–H groups in total. The number of hydrogen-bond acceptors (Lipinski definition) is 3. The van der Waals surface area contributed by atoms with Crippen molar-refractivity contribution in [1.82, 2.24) is 0 Å². The number of rotatable bonds is 5. The van der Waals surface area contributed by atoms with Crippen molar-refractivity contribution in [1.29, 1.82) is 0 Å². The van der Waals surface area contributed by atoms with Crippen molar-refractivity contribution >= 4 is 11.6 Å².